The molecule has 1 atom stereocenters. The van der Waals surface area contributed by atoms with Crippen LogP contribution in [-0.4, -0.2) is 77.1 Å². The van der Waals surface area contributed by atoms with Crippen molar-refractivity contribution in [3.63, 3.8) is 0 Å². The minimum absolute atomic E-state index is 0.160. The van der Waals surface area contributed by atoms with Crippen LogP contribution in [0.2, 0.25) is 0 Å². The molecule has 5 rings (SSSR count). The van der Waals surface area contributed by atoms with E-state index in [9.17, 15) is 4.79 Å². The Kier molecular flexibility index (Phi) is 4.95. The van der Waals surface area contributed by atoms with E-state index >= 15 is 0 Å². The van der Waals surface area contributed by atoms with E-state index < -0.39 is 0 Å². The van der Waals surface area contributed by atoms with Crippen LogP contribution in [0, 0.1) is 5.92 Å². The zero-order chi connectivity index (χ0) is 19.8. The number of carbonyl (C=O) groups is 1. The quantitative estimate of drug-likeness (QED) is 0.782. The number of piperazine rings is 1. The normalized spacial score (nSPS) is 23.4. The van der Waals surface area contributed by atoms with Crippen LogP contribution >= 0.6 is 0 Å². The molecule has 154 valence electrons. The van der Waals surface area contributed by atoms with Gasteiger partial charge in [-0.2, -0.15) is 4.98 Å². The summed E-state index contributed by atoms with van der Waals surface area (Å²) < 4.78 is 5.34. The maximum absolute atomic E-state index is 12.8. The van der Waals surface area contributed by atoms with Crippen molar-refractivity contribution in [3.8, 4) is 11.4 Å². The molecule has 0 bridgehead atoms. The number of hydrogen-bond donors (Lipinski definition) is 0. The van der Waals surface area contributed by atoms with Crippen LogP contribution in [0.4, 0.5) is 5.82 Å². The summed E-state index contributed by atoms with van der Waals surface area (Å²) in [5.74, 6) is 3.23. The number of amides is 1. The van der Waals surface area contributed by atoms with Crippen LogP contribution in [-0.2, 0) is 4.79 Å². The standard InChI is InChI=1S/C21H28N6O2/c1-25-8-2-3-17(14-25)21(28)27-11-9-26(10-12-27)18-7-6-16(13-22-18)19-23-20(29-24-19)15-4-5-15/h6-7,13,15,17H,2-5,8-12,14H2,1H3. The average molecular weight is 396 g/mol. The molecule has 4 heterocycles. The SMILES string of the molecule is CN1CCCC(C(=O)N2CCN(c3ccc(-c4noc(C5CC5)n4)cn3)CC2)C1. The van der Waals surface area contributed by atoms with Gasteiger partial charge in [-0.15, -0.1) is 0 Å². The molecule has 0 N–H and O–H groups in total. The van der Waals surface area contributed by atoms with Gasteiger partial charge in [-0.3, -0.25) is 4.79 Å². The highest BCUT2D eigenvalue weighted by molar-refractivity contribution is 5.79. The summed E-state index contributed by atoms with van der Waals surface area (Å²) in [4.78, 5) is 28.5. The third kappa shape index (κ3) is 3.99. The molecular weight excluding hydrogens is 368 g/mol. The summed E-state index contributed by atoms with van der Waals surface area (Å²) >= 11 is 0. The zero-order valence-electron chi connectivity index (χ0n) is 17.0. The Morgan fingerprint density at radius 1 is 1.10 bits per heavy atom. The van der Waals surface area contributed by atoms with Gasteiger partial charge in [0.2, 0.25) is 17.6 Å². The predicted molar refractivity (Wildman–Crippen MR) is 109 cm³/mol. The Hall–Kier alpha value is -2.48. The van der Waals surface area contributed by atoms with E-state index in [1.54, 1.807) is 0 Å². The van der Waals surface area contributed by atoms with Gasteiger partial charge in [-0.1, -0.05) is 5.16 Å². The number of aromatic nitrogens is 3. The van der Waals surface area contributed by atoms with Gasteiger partial charge < -0.3 is 19.2 Å². The fourth-order valence-electron chi connectivity index (χ4n) is 4.34. The highest BCUT2D eigenvalue weighted by Crippen LogP contribution is 2.39. The van der Waals surface area contributed by atoms with E-state index in [0.29, 0.717) is 17.6 Å². The summed E-state index contributed by atoms with van der Waals surface area (Å²) in [5.41, 5.74) is 0.875. The number of hydrogen-bond acceptors (Lipinski definition) is 7. The summed E-state index contributed by atoms with van der Waals surface area (Å²) in [6, 6.07) is 4.01. The number of pyridine rings is 1. The largest absolute Gasteiger partial charge is 0.353 e. The van der Waals surface area contributed by atoms with Gasteiger partial charge in [0, 0.05) is 50.4 Å². The van der Waals surface area contributed by atoms with Gasteiger partial charge in [-0.05, 0) is 51.4 Å². The van der Waals surface area contributed by atoms with E-state index in [1.165, 1.54) is 0 Å². The highest BCUT2D eigenvalue weighted by atomic mass is 16.5. The molecule has 1 unspecified atom stereocenters. The summed E-state index contributed by atoms with van der Waals surface area (Å²) in [6.45, 7) is 5.14. The molecule has 2 aromatic heterocycles. The predicted octanol–water partition coefficient (Wildman–Crippen LogP) is 2.00. The molecule has 1 aliphatic carbocycles. The Labute approximate surface area is 170 Å². The minimum atomic E-state index is 0.160. The van der Waals surface area contributed by atoms with Crippen molar-refractivity contribution in [3.05, 3.63) is 24.2 Å². The van der Waals surface area contributed by atoms with Crippen LogP contribution in [0.15, 0.2) is 22.9 Å². The first kappa shape index (κ1) is 18.5. The molecule has 29 heavy (non-hydrogen) atoms. The summed E-state index contributed by atoms with van der Waals surface area (Å²) in [6.07, 6.45) is 6.23. The maximum atomic E-state index is 12.8. The number of likely N-dealkylation sites (tertiary alicyclic amines) is 1. The average Bonchev–Trinajstić information content (AvgIpc) is 3.50. The van der Waals surface area contributed by atoms with Crippen molar-refractivity contribution in [2.45, 2.75) is 31.6 Å². The van der Waals surface area contributed by atoms with E-state index in [0.717, 1.165) is 82.2 Å². The lowest BCUT2D eigenvalue weighted by Crippen LogP contribution is -2.52. The van der Waals surface area contributed by atoms with Crippen LogP contribution in [0.3, 0.4) is 0 Å². The molecule has 1 saturated carbocycles. The summed E-state index contributed by atoms with van der Waals surface area (Å²) in [7, 11) is 2.11. The Morgan fingerprint density at radius 3 is 2.62 bits per heavy atom. The van der Waals surface area contributed by atoms with Gasteiger partial charge in [0.05, 0.1) is 5.92 Å². The van der Waals surface area contributed by atoms with Crippen LogP contribution in [0.1, 0.15) is 37.5 Å². The van der Waals surface area contributed by atoms with Crippen molar-refractivity contribution in [2.24, 2.45) is 5.92 Å². The monoisotopic (exact) mass is 396 g/mol. The second kappa shape index (κ2) is 7.74. The Bertz CT molecular complexity index is 854. The van der Waals surface area contributed by atoms with Gasteiger partial charge in [0.25, 0.3) is 0 Å². The molecule has 2 saturated heterocycles. The van der Waals surface area contributed by atoms with Crippen molar-refractivity contribution in [1.82, 2.24) is 24.9 Å². The molecule has 0 spiro atoms. The molecular formula is C21H28N6O2. The van der Waals surface area contributed by atoms with E-state index in [4.69, 9.17) is 4.52 Å². The molecule has 0 radical (unpaired) electrons. The van der Waals surface area contributed by atoms with Crippen molar-refractivity contribution < 1.29 is 9.32 Å². The molecule has 8 nitrogen and oxygen atoms in total. The second-order valence-corrected chi connectivity index (χ2v) is 8.55. The lowest BCUT2D eigenvalue weighted by Gasteiger charge is -2.38. The minimum Gasteiger partial charge on any atom is -0.353 e. The molecule has 3 aliphatic rings. The number of anilines is 1. The van der Waals surface area contributed by atoms with Crippen molar-refractivity contribution in [1.29, 1.82) is 0 Å². The number of rotatable bonds is 4. The van der Waals surface area contributed by atoms with Crippen molar-refractivity contribution >= 4 is 11.7 Å². The second-order valence-electron chi connectivity index (χ2n) is 8.55. The zero-order valence-corrected chi connectivity index (χ0v) is 17.0. The lowest BCUT2D eigenvalue weighted by molar-refractivity contribution is -0.137. The lowest BCUT2D eigenvalue weighted by atomic mass is 9.96. The molecule has 0 aromatic carbocycles. The van der Waals surface area contributed by atoms with Gasteiger partial charge in [-0.25, -0.2) is 4.98 Å². The Morgan fingerprint density at radius 2 is 1.93 bits per heavy atom. The fraction of sp³-hybridized carbons (Fsp3) is 0.619. The first-order valence-corrected chi connectivity index (χ1v) is 10.7. The smallest absolute Gasteiger partial charge is 0.230 e. The first-order chi connectivity index (χ1) is 14.2. The molecule has 1 amide bonds. The molecule has 2 aliphatic heterocycles. The third-order valence-corrected chi connectivity index (χ3v) is 6.26. The molecule has 2 aromatic rings. The van der Waals surface area contributed by atoms with E-state index in [-0.39, 0.29) is 5.92 Å². The van der Waals surface area contributed by atoms with Gasteiger partial charge in [0.1, 0.15) is 5.82 Å². The summed E-state index contributed by atoms with van der Waals surface area (Å²) in [5, 5.41) is 4.08. The number of piperidine rings is 1. The maximum Gasteiger partial charge on any atom is 0.230 e. The third-order valence-electron chi connectivity index (χ3n) is 6.26. The first-order valence-electron chi connectivity index (χ1n) is 10.7. The fourth-order valence-corrected chi connectivity index (χ4v) is 4.34. The van der Waals surface area contributed by atoms with Gasteiger partial charge in [0.15, 0.2) is 0 Å². The Balaban J connectivity index is 1.18. The van der Waals surface area contributed by atoms with Crippen LogP contribution in [0.25, 0.3) is 11.4 Å². The van der Waals surface area contributed by atoms with Crippen LogP contribution < -0.4 is 4.90 Å². The van der Waals surface area contributed by atoms with E-state index in [2.05, 4.69) is 32.0 Å². The molecule has 3 fully saturated rings. The highest BCUT2D eigenvalue weighted by Gasteiger charge is 2.31. The van der Waals surface area contributed by atoms with Crippen molar-refractivity contribution in [2.75, 3.05) is 51.2 Å². The van der Waals surface area contributed by atoms with Crippen LogP contribution in [0.5, 0.6) is 0 Å². The molecule has 8 heteroatoms. The topological polar surface area (TPSA) is 78.6 Å². The van der Waals surface area contributed by atoms with E-state index in [1.807, 2.05) is 23.2 Å². The number of carbonyl (C=O) groups excluding carboxylic acids is 1. The number of nitrogens with zero attached hydrogens (tertiary/aromatic N) is 6. The van der Waals surface area contributed by atoms with Gasteiger partial charge >= 0.3 is 0 Å².